The van der Waals surface area contributed by atoms with Crippen LogP contribution in [0.5, 0.6) is 0 Å². The van der Waals surface area contributed by atoms with Gasteiger partial charge in [-0.05, 0) is 6.07 Å². The van der Waals surface area contributed by atoms with Crippen LogP contribution in [0.2, 0.25) is 5.02 Å². The first-order chi connectivity index (χ1) is 9.16. The normalized spacial score (nSPS) is 12.2. The van der Waals surface area contributed by atoms with Crippen molar-refractivity contribution in [2.45, 2.75) is 6.18 Å². The maximum Gasteiger partial charge on any atom is 0.417 e. The Bertz CT molecular complexity index is 542. The van der Waals surface area contributed by atoms with Gasteiger partial charge >= 0.3 is 12.1 Å². The van der Waals surface area contributed by atoms with Crippen molar-refractivity contribution in [3.05, 3.63) is 34.7 Å². The predicted octanol–water partition coefficient (Wildman–Crippen LogP) is 2.83. The van der Waals surface area contributed by atoms with E-state index in [1.165, 1.54) is 11.1 Å². The van der Waals surface area contributed by atoms with E-state index in [1.807, 2.05) is 0 Å². The van der Waals surface area contributed by atoms with Crippen LogP contribution in [0.15, 0.2) is 18.5 Å². The van der Waals surface area contributed by atoms with Crippen molar-refractivity contribution in [3.63, 3.8) is 0 Å². The molecule has 0 spiro atoms. The third kappa shape index (κ3) is 3.86. The minimum absolute atomic E-state index is 0.0313. The number of carbonyl (C=O) groups excluding carboxylic acids is 1. The Morgan fingerprint density at radius 2 is 2.05 bits per heavy atom. The quantitative estimate of drug-likeness (QED) is 0.636. The van der Waals surface area contributed by atoms with Gasteiger partial charge in [0.05, 0.1) is 23.4 Å². The summed E-state index contributed by atoms with van der Waals surface area (Å²) in [5, 5.41) is -0.279. The molecular weight excluding hydrogens is 297 g/mol. The average Bonchev–Trinajstić information content (AvgIpc) is 2.34. The molecule has 0 fully saturated rings. The molecule has 0 aromatic carbocycles. The van der Waals surface area contributed by atoms with Gasteiger partial charge in [0.25, 0.3) is 0 Å². The van der Waals surface area contributed by atoms with Crippen molar-refractivity contribution < 1.29 is 22.7 Å². The number of alkyl halides is 3. The molecule has 110 valence electrons. The van der Waals surface area contributed by atoms with Crippen LogP contribution in [0.4, 0.5) is 13.2 Å². The molecule has 1 heterocycles. The van der Waals surface area contributed by atoms with Gasteiger partial charge in [-0.3, -0.25) is 4.98 Å². The van der Waals surface area contributed by atoms with Crippen LogP contribution in [0, 0.1) is 0 Å². The van der Waals surface area contributed by atoms with Gasteiger partial charge in [0.15, 0.2) is 0 Å². The summed E-state index contributed by atoms with van der Waals surface area (Å²) in [7, 11) is 4.44. The largest absolute Gasteiger partial charge is 0.465 e. The molecule has 0 aliphatic rings. The van der Waals surface area contributed by atoms with Crippen molar-refractivity contribution in [3.8, 4) is 0 Å². The van der Waals surface area contributed by atoms with Gasteiger partial charge in [0.1, 0.15) is 5.57 Å². The Morgan fingerprint density at radius 1 is 1.45 bits per heavy atom. The van der Waals surface area contributed by atoms with Gasteiger partial charge in [-0.2, -0.15) is 13.2 Å². The van der Waals surface area contributed by atoms with E-state index in [9.17, 15) is 18.0 Å². The number of halogens is 4. The minimum atomic E-state index is -4.55. The van der Waals surface area contributed by atoms with E-state index in [2.05, 4.69) is 9.72 Å². The van der Waals surface area contributed by atoms with Crippen LogP contribution in [0.25, 0.3) is 5.57 Å². The third-order valence-electron chi connectivity index (χ3n) is 2.22. The molecule has 0 radical (unpaired) electrons. The van der Waals surface area contributed by atoms with Gasteiger partial charge in [-0.15, -0.1) is 0 Å². The zero-order valence-electron chi connectivity index (χ0n) is 11.0. The summed E-state index contributed by atoms with van der Waals surface area (Å²) in [5.41, 5.74) is -1.09. The second kappa shape index (κ2) is 6.13. The second-order valence-corrected chi connectivity index (χ2v) is 4.46. The lowest BCUT2D eigenvalue weighted by Crippen LogP contribution is -2.13. The molecule has 1 aromatic heterocycles. The molecule has 20 heavy (non-hydrogen) atoms. The van der Waals surface area contributed by atoms with Crippen molar-refractivity contribution in [1.82, 2.24) is 9.88 Å². The van der Waals surface area contributed by atoms with E-state index >= 15 is 0 Å². The number of nitrogens with zero attached hydrogens (tertiary/aromatic N) is 2. The lowest BCUT2D eigenvalue weighted by molar-refractivity contribution is -0.137. The number of rotatable bonds is 3. The average molecular weight is 309 g/mol. The van der Waals surface area contributed by atoms with Gasteiger partial charge < -0.3 is 9.64 Å². The summed E-state index contributed by atoms with van der Waals surface area (Å²) in [5.74, 6) is -0.743. The topological polar surface area (TPSA) is 42.4 Å². The Balaban J connectivity index is 3.33. The zero-order valence-corrected chi connectivity index (χ0v) is 11.7. The number of hydrogen-bond acceptors (Lipinski definition) is 4. The number of pyridine rings is 1. The minimum Gasteiger partial charge on any atom is -0.465 e. The van der Waals surface area contributed by atoms with Gasteiger partial charge in [-0.25, -0.2) is 4.79 Å². The van der Waals surface area contributed by atoms with Crippen LogP contribution in [0.1, 0.15) is 11.3 Å². The lowest BCUT2D eigenvalue weighted by Gasteiger charge is -2.13. The summed E-state index contributed by atoms with van der Waals surface area (Å²) in [6, 6.07) is 0.719. The van der Waals surface area contributed by atoms with Crippen LogP contribution < -0.4 is 0 Å². The van der Waals surface area contributed by atoms with E-state index in [-0.39, 0.29) is 16.3 Å². The number of hydrogen-bond donors (Lipinski definition) is 0. The van der Waals surface area contributed by atoms with Crippen molar-refractivity contribution in [1.29, 1.82) is 0 Å². The summed E-state index contributed by atoms with van der Waals surface area (Å²) in [6.45, 7) is 0. The van der Waals surface area contributed by atoms with Crippen molar-refractivity contribution in [2.75, 3.05) is 21.2 Å². The maximum absolute atomic E-state index is 12.5. The molecule has 0 aliphatic carbocycles. The number of ether oxygens (including phenoxy) is 1. The van der Waals surface area contributed by atoms with Gasteiger partial charge in [-0.1, -0.05) is 11.6 Å². The highest BCUT2D eigenvalue weighted by Gasteiger charge is 2.32. The fourth-order valence-electron chi connectivity index (χ4n) is 1.37. The second-order valence-electron chi connectivity index (χ2n) is 4.05. The molecule has 0 bridgehead atoms. The number of carbonyl (C=O) groups is 1. The van der Waals surface area contributed by atoms with Crippen LogP contribution in [-0.2, 0) is 15.7 Å². The van der Waals surface area contributed by atoms with E-state index < -0.39 is 17.7 Å². The smallest absolute Gasteiger partial charge is 0.417 e. The van der Waals surface area contributed by atoms with Crippen molar-refractivity contribution >= 4 is 23.1 Å². The molecule has 1 rings (SSSR count). The summed E-state index contributed by atoms with van der Waals surface area (Å²) in [4.78, 5) is 16.8. The SMILES string of the molecule is COC(=O)/C(=C/N(C)C)c1ncc(C(F)(F)F)cc1Cl. The van der Waals surface area contributed by atoms with Gasteiger partial charge in [0, 0.05) is 26.5 Å². The summed E-state index contributed by atoms with van der Waals surface area (Å²) in [6.07, 6.45) is -2.56. The fourth-order valence-corrected chi connectivity index (χ4v) is 1.64. The van der Waals surface area contributed by atoms with Crippen LogP contribution >= 0.6 is 11.6 Å². The van der Waals surface area contributed by atoms with E-state index in [0.29, 0.717) is 6.20 Å². The highest BCUT2D eigenvalue weighted by molar-refractivity contribution is 6.34. The molecule has 4 nitrogen and oxygen atoms in total. The maximum atomic E-state index is 12.5. The first-order valence-corrected chi connectivity index (χ1v) is 5.74. The number of aromatic nitrogens is 1. The van der Waals surface area contributed by atoms with E-state index in [4.69, 9.17) is 11.6 Å². The van der Waals surface area contributed by atoms with Gasteiger partial charge in [0.2, 0.25) is 0 Å². The molecule has 8 heteroatoms. The first-order valence-electron chi connectivity index (χ1n) is 5.36. The summed E-state index contributed by atoms with van der Waals surface area (Å²) < 4.78 is 42.1. The Labute approximate surface area is 118 Å². The Hall–Kier alpha value is -1.76. The Kier molecular flexibility index (Phi) is 4.99. The highest BCUT2D eigenvalue weighted by Crippen LogP contribution is 2.32. The van der Waals surface area contributed by atoms with Crippen LogP contribution in [-0.4, -0.2) is 37.1 Å². The molecule has 0 N–H and O–H groups in total. The lowest BCUT2D eigenvalue weighted by atomic mass is 10.1. The molecule has 0 aliphatic heterocycles. The molecule has 0 amide bonds. The van der Waals surface area contributed by atoms with E-state index in [1.54, 1.807) is 14.1 Å². The number of methoxy groups -OCH3 is 1. The molecule has 0 unspecified atom stereocenters. The first kappa shape index (κ1) is 16.3. The van der Waals surface area contributed by atoms with E-state index in [0.717, 1.165) is 13.2 Å². The fraction of sp³-hybridized carbons (Fsp3) is 0.333. The Morgan fingerprint density at radius 3 is 2.45 bits per heavy atom. The zero-order chi connectivity index (χ0) is 15.5. The predicted molar refractivity (Wildman–Crippen MR) is 67.9 cm³/mol. The third-order valence-corrected chi connectivity index (χ3v) is 2.50. The monoisotopic (exact) mass is 308 g/mol. The molecule has 1 aromatic rings. The van der Waals surface area contributed by atoms with Crippen LogP contribution in [0.3, 0.4) is 0 Å². The highest BCUT2D eigenvalue weighted by atomic mass is 35.5. The summed E-state index contributed by atoms with van der Waals surface area (Å²) >= 11 is 5.79. The standard InChI is InChI=1S/C12H12ClF3N2O2/c1-18(2)6-8(11(19)20-3)10-9(13)4-7(5-17-10)12(14,15)16/h4-6H,1-3H3/b8-6+. The molecule has 0 saturated carbocycles. The van der Waals surface area contributed by atoms with Crippen molar-refractivity contribution in [2.24, 2.45) is 0 Å². The number of esters is 1. The molecule has 0 saturated heterocycles. The molecule has 0 atom stereocenters. The molecular formula is C12H12ClF3N2O2.